The summed E-state index contributed by atoms with van der Waals surface area (Å²) in [6, 6.07) is 5.27. The number of ether oxygens (including phenoxy) is 1. The molecule has 2 fully saturated rings. The van der Waals surface area contributed by atoms with Crippen molar-refractivity contribution in [3.05, 3.63) is 22.4 Å². The summed E-state index contributed by atoms with van der Waals surface area (Å²) in [6.07, 6.45) is 6.02. The molecule has 0 bridgehead atoms. The van der Waals surface area contributed by atoms with Crippen LogP contribution < -0.4 is 10.6 Å². The first-order valence-corrected chi connectivity index (χ1v) is 11.9. The Morgan fingerprint density at radius 3 is 2.85 bits per heavy atom. The lowest BCUT2D eigenvalue weighted by atomic mass is 10.2. The van der Waals surface area contributed by atoms with Crippen LogP contribution in [0.25, 0.3) is 0 Å². The highest BCUT2D eigenvalue weighted by Crippen LogP contribution is 2.28. The first kappa shape index (κ1) is 23.3. The van der Waals surface area contributed by atoms with Gasteiger partial charge in [-0.3, -0.25) is 9.89 Å². The molecule has 1 saturated carbocycles. The molecule has 2 heterocycles. The van der Waals surface area contributed by atoms with Gasteiger partial charge < -0.3 is 15.4 Å². The van der Waals surface area contributed by atoms with Crippen molar-refractivity contribution in [2.24, 2.45) is 4.99 Å². The fraction of sp³-hybridized carbons (Fsp3) is 0.737. The highest BCUT2D eigenvalue weighted by molar-refractivity contribution is 14.0. The fourth-order valence-corrected chi connectivity index (χ4v) is 5.38. The monoisotopic (exact) mass is 524 g/mol. The van der Waals surface area contributed by atoms with E-state index in [1.807, 2.05) is 23.1 Å². The second-order valence-electron chi connectivity index (χ2n) is 6.91. The summed E-state index contributed by atoms with van der Waals surface area (Å²) in [5.41, 5.74) is 0. The smallest absolute Gasteiger partial charge is 0.191 e. The first-order valence-electron chi connectivity index (χ1n) is 9.73. The normalized spacial score (nSPS) is 25.0. The number of nitrogens with one attached hydrogen (secondary N) is 2. The van der Waals surface area contributed by atoms with Gasteiger partial charge in [0.2, 0.25) is 0 Å². The number of hydrogen-bond acceptors (Lipinski definition) is 5. The zero-order valence-corrected chi connectivity index (χ0v) is 20.3. The Morgan fingerprint density at radius 2 is 2.22 bits per heavy atom. The van der Waals surface area contributed by atoms with Crippen LogP contribution in [-0.2, 0) is 4.74 Å². The van der Waals surface area contributed by atoms with E-state index in [2.05, 4.69) is 46.2 Å². The Hall–Kier alpha value is -0.0300. The molecule has 0 spiro atoms. The van der Waals surface area contributed by atoms with Gasteiger partial charge in [-0.15, -0.1) is 35.3 Å². The van der Waals surface area contributed by atoms with E-state index >= 15 is 0 Å². The van der Waals surface area contributed by atoms with Gasteiger partial charge in [0.15, 0.2) is 5.96 Å². The molecule has 5 nitrogen and oxygen atoms in total. The van der Waals surface area contributed by atoms with Crippen molar-refractivity contribution in [2.45, 2.75) is 43.5 Å². The number of rotatable bonds is 7. The number of thioether (sulfide) groups is 1. The predicted molar refractivity (Wildman–Crippen MR) is 129 cm³/mol. The molecule has 1 aromatic rings. The molecule has 1 saturated heterocycles. The summed E-state index contributed by atoms with van der Waals surface area (Å²) < 4.78 is 5.54. The number of morpholine rings is 1. The highest BCUT2D eigenvalue weighted by atomic mass is 127. The number of thiophene rings is 1. The molecule has 0 radical (unpaired) electrons. The number of guanidine groups is 1. The van der Waals surface area contributed by atoms with E-state index in [0.717, 1.165) is 50.6 Å². The van der Waals surface area contributed by atoms with Gasteiger partial charge in [0.05, 0.1) is 25.8 Å². The molecule has 3 unspecified atom stereocenters. The maximum Gasteiger partial charge on any atom is 0.191 e. The topological polar surface area (TPSA) is 48.9 Å². The van der Waals surface area contributed by atoms with Crippen LogP contribution in [0.1, 0.15) is 37.1 Å². The van der Waals surface area contributed by atoms with Crippen molar-refractivity contribution in [1.82, 2.24) is 15.5 Å². The van der Waals surface area contributed by atoms with Gasteiger partial charge in [-0.05, 0) is 43.9 Å². The van der Waals surface area contributed by atoms with Gasteiger partial charge >= 0.3 is 0 Å². The van der Waals surface area contributed by atoms with Crippen molar-refractivity contribution in [2.75, 3.05) is 45.6 Å². The van der Waals surface area contributed by atoms with Crippen molar-refractivity contribution in [3.8, 4) is 0 Å². The van der Waals surface area contributed by atoms with E-state index in [0.29, 0.717) is 12.1 Å². The maximum absolute atomic E-state index is 5.54. The molecule has 3 rings (SSSR count). The predicted octanol–water partition coefficient (Wildman–Crippen LogP) is 3.58. The summed E-state index contributed by atoms with van der Waals surface area (Å²) in [5, 5.41) is 10.1. The third-order valence-electron chi connectivity index (χ3n) is 5.18. The van der Waals surface area contributed by atoms with Crippen molar-refractivity contribution in [3.63, 3.8) is 0 Å². The van der Waals surface area contributed by atoms with E-state index in [9.17, 15) is 0 Å². The van der Waals surface area contributed by atoms with Gasteiger partial charge in [0.25, 0.3) is 0 Å². The summed E-state index contributed by atoms with van der Waals surface area (Å²) in [6.45, 7) is 7.43. The van der Waals surface area contributed by atoms with E-state index < -0.39 is 0 Å². The third-order valence-corrected chi connectivity index (χ3v) is 7.25. The minimum atomic E-state index is 0. The Kier molecular flexibility index (Phi) is 10.8. The molecule has 0 amide bonds. The third kappa shape index (κ3) is 7.06. The van der Waals surface area contributed by atoms with Crippen molar-refractivity contribution >= 4 is 53.0 Å². The summed E-state index contributed by atoms with van der Waals surface area (Å²) >= 11 is 3.83. The molecule has 27 heavy (non-hydrogen) atoms. The maximum atomic E-state index is 5.54. The number of aliphatic imine (C=N–C) groups is 1. The average molecular weight is 525 g/mol. The van der Waals surface area contributed by atoms with E-state index in [1.54, 1.807) is 0 Å². The zero-order chi connectivity index (χ0) is 18.2. The minimum Gasteiger partial charge on any atom is -0.379 e. The average Bonchev–Trinajstić information content (AvgIpc) is 3.35. The Morgan fingerprint density at radius 1 is 1.41 bits per heavy atom. The van der Waals surface area contributed by atoms with E-state index in [1.165, 1.54) is 24.1 Å². The highest BCUT2D eigenvalue weighted by Gasteiger charge is 2.26. The van der Waals surface area contributed by atoms with Gasteiger partial charge in [-0.25, -0.2) is 0 Å². The number of halogens is 1. The van der Waals surface area contributed by atoms with Crippen molar-refractivity contribution < 1.29 is 4.74 Å². The fourth-order valence-electron chi connectivity index (χ4n) is 3.73. The lowest BCUT2D eigenvalue weighted by molar-refractivity contribution is 0.0186. The molecule has 2 N–H and O–H groups in total. The first-order chi connectivity index (χ1) is 12.8. The molecular formula is C19H33IN4OS2. The lowest BCUT2D eigenvalue weighted by Gasteiger charge is -2.33. The molecule has 3 atom stereocenters. The largest absolute Gasteiger partial charge is 0.379 e. The van der Waals surface area contributed by atoms with E-state index in [-0.39, 0.29) is 24.0 Å². The van der Waals surface area contributed by atoms with Gasteiger partial charge in [0.1, 0.15) is 0 Å². The molecule has 154 valence electrons. The van der Waals surface area contributed by atoms with Crippen LogP contribution in [-0.4, -0.2) is 67.8 Å². The van der Waals surface area contributed by atoms with Crippen molar-refractivity contribution in [1.29, 1.82) is 0 Å². The van der Waals surface area contributed by atoms with Crippen LogP contribution in [0, 0.1) is 0 Å². The van der Waals surface area contributed by atoms with Gasteiger partial charge in [0, 0.05) is 35.8 Å². The standard InChI is InChI=1S/C19H32N4OS2.HI/c1-3-20-19(22-15-6-7-16(13-15)25-2)21-14-17(18-5-4-12-26-18)23-8-10-24-11-9-23;/h4-5,12,15-17H,3,6-11,13-14H2,1-2H3,(H2,20,21,22);1H. The summed E-state index contributed by atoms with van der Waals surface area (Å²) in [5.74, 6) is 0.967. The van der Waals surface area contributed by atoms with Crippen LogP contribution >= 0.6 is 47.1 Å². The Balaban J connectivity index is 0.00000261. The summed E-state index contributed by atoms with van der Waals surface area (Å²) in [7, 11) is 0. The number of nitrogens with zero attached hydrogens (tertiary/aromatic N) is 2. The van der Waals surface area contributed by atoms with Crippen LogP contribution in [0.3, 0.4) is 0 Å². The molecule has 2 aliphatic rings. The quantitative estimate of drug-likeness (QED) is 0.325. The molecule has 8 heteroatoms. The molecular weight excluding hydrogens is 491 g/mol. The zero-order valence-electron chi connectivity index (χ0n) is 16.4. The molecule has 0 aromatic carbocycles. The Bertz CT molecular complexity index is 552. The number of hydrogen-bond donors (Lipinski definition) is 2. The van der Waals surface area contributed by atoms with Crippen LogP contribution in [0.5, 0.6) is 0 Å². The van der Waals surface area contributed by atoms with E-state index in [4.69, 9.17) is 9.73 Å². The van der Waals surface area contributed by atoms with Crippen LogP contribution in [0.4, 0.5) is 0 Å². The molecule has 1 aliphatic heterocycles. The van der Waals surface area contributed by atoms with Crippen LogP contribution in [0.15, 0.2) is 22.5 Å². The van der Waals surface area contributed by atoms with Gasteiger partial charge in [-0.1, -0.05) is 6.07 Å². The summed E-state index contributed by atoms with van der Waals surface area (Å²) in [4.78, 5) is 8.88. The minimum absolute atomic E-state index is 0. The SMILES string of the molecule is CCNC(=NCC(c1cccs1)N1CCOCC1)NC1CCC(SC)C1.I. The van der Waals surface area contributed by atoms with Crippen LogP contribution in [0.2, 0.25) is 0 Å². The lowest BCUT2D eigenvalue weighted by Crippen LogP contribution is -2.44. The molecule has 1 aromatic heterocycles. The second kappa shape index (κ2) is 12.5. The molecule has 1 aliphatic carbocycles. The second-order valence-corrected chi connectivity index (χ2v) is 9.03. The Labute approximate surface area is 189 Å². The van der Waals surface area contributed by atoms with Gasteiger partial charge in [-0.2, -0.15) is 11.8 Å².